The van der Waals surface area contributed by atoms with E-state index in [0.29, 0.717) is 12.8 Å². The van der Waals surface area contributed by atoms with Gasteiger partial charge < -0.3 is 4.55 Å². The highest BCUT2D eigenvalue weighted by molar-refractivity contribution is 7.90. The second-order valence-electron chi connectivity index (χ2n) is 7.91. The topological polar surface area (TPSA) is 58.9 Å². The van der Waals surface area contributed by atoms with Crippen LogP contribution in [0, 0.1) is 28.4 Å². The smallest absolute Gasteiger partial charge is 0.164 e. The molecule has 2 atom stereocenters. The fraction of sp³-hybridized carbons (Fsp3) is 0.611. The molecule has 0 aliphatic carbocycles. The summed E-state index contributed by atoms with van der Waals surface area (Å²) < 4.78 is 43.0. The third-order valence-corrected chi connectivity index (χ3v) is 5.72. The van der Waals surface area contributed by atoms with Crippen molar-refractivity contribution in [3.8, 4) is 6.07 Å². The molecule has 0 fully saturated rings. The lowest BCUT2D eigenvalue weighted by Crippen LogP contribution is -2.50. The molecule has 134 valence electrons. The monoisotopic (exact) mass is 356 g/mol. The Morgan fingerprint density at radius 3 is 2.21 bits per heavy atom. The van der Waals surface area contributed by atoms with Gasteiger partial charge in [0.05, 0.1) is 17.0 Å². The quantitative estimate of drug-likeness (QED) is 0.760. The molecule has 0 spiro atoms. The third-order valence-electron chi connectivity index (χ3n) is 3.97. The second kappa shape index (κ2) is 7.38. The van der Waals surface area contributed by atoms with Crippen LogP contribution in [0.1, 0.15) is 59.9 Å². The van der Waals surface area contributed by atoms with Crippen molar-refractivity contribution in [3.63, 3.8) is 0 Å². The Morgan fingerprint density at radius 2 is 1.71 bits per heavy atom. The summed E-state index contributed by atoms with van der Waals surface area (Å²) in [7, 11) is 0. The van der Waals surface area contributed by atoms with Gasteiger partial charge >= 0.3 is 0 Å². The maximum atomic E-state index is 14.4. The minimum Gasteiger partial charge on any atom is -0.598 e. The van der Waals surface area contributed by atoms with Crippen LogP contribution in [0.2, 0.25) is 0 Å². The highest BCUT2D eigenvalue weighted by atomic mass is 32.2. The summed E-state index contributed by atoms with van der Waals surface area (Å²) in [5.41, 5.74) is -1.55. The Morgan fingerprint density at radius 1 is 1.12 bits per heavy atom. The molecule has 24 heavy (non-hydrogen) atoms. The number of hydrogen-bond acceptors (Lipinski definition) is 3. The summed E-state index contributed by atoms with van der Waals surface area (Å²) in [6, 6.07) is 6.18. The number of halogens is 2. The molecule has 0 aromatic heterocycles. The van der Waals surface area contributed by atoms with Gasteiger partial charge in [-0.2, -0.15) is 5.26 Å². The second-order valence-corrected chi connectivity index (χ2v) is 9.88. The standard InChI is InChI=1S/C18H26F2N2OS/c1-16(2,3)24(23)22-18(6,11-10-17(4,5)12-21)13-8-7-9-14(19)15(13)20/h7-9,22H,10-11H2,1-6H3/t18-,24?/m1/s1. The average molecular weight is 356 g/mol. The van der Waals surface area contributed by atoms with Crippen molar-refractivity contribution in [2.24, 2.45) is 5.41 Å². The van der Waals surface area contributed by atoms with Gasteiger partial charge in [0.15, 0.2) is 11.6 Å². The molecule has 3 nitrogen and oxygen atoms in total. The van der Waals surface area contributed by atoms with E-state index in [9.17, 15) is 18.6 Å². The largest absolute Gasteiger partial charge is 0.598 e. The predicted molar refractivity (Wildman–Crippen MR) is 93.4 cm³/mol. The van der Waals surface area contributed by atoms with Crippen molar-refractivity contribution in [2.75, 3.05) is 0 Å². The predicted octanol–water partition coefficient (Wildman–Crippen LogP) is 4.56. The molecule has 0 aliphatic heterocycles. The van der Waals surface area contributed by atoms with Crippen LogP contribution >= 0.6 is 0 Å². The van der Waals surface area contributed by atoms with Gasteiger partial charge in [-0.1, -0.05) is 12.1 Å². The van der Waals surface area contributed by atoms with Crippen LogP contribution in [-0.2, 0) is 16.9 Å². The molecular weight excluding hydrogens is 330 g/mol. The van der Waals surface area contributed by atoms with Crippen molar-refractivity contribution in [2.45, 2.75) is 64.7 Å². The number of hydrogen-bond donors (Lipinski definition) is 1. The summed E-state index contributed by atoms with van der Waals surface area (Å²) in [6.45, 7) is 10.7. The highest BCUT2D eigenvalue weighted by Gasteiger charge is 2.40. The molecule has 0 bridgehead atoms. The Kier molecular flexibility index (Phi) is 6.43. The van der Waals surface area contributed by atoms with Gasteiger partial charge in [-0.05, 0) is 60.5 Å². The van der Waals surface area contributed by atoms with Crippen LogP contribution in [0.4, 0.5) is 8.78 Å². The van der Waals surface area contributed by atoms with Gasteiger partial charge in [0, 0.05) is 16.9 Å². The van der Waals surface area contributed by atoms with Crippen molar-refractivity contribution in [1.29, 1.82) is 5.26 Å². The van der Waals surface area contributed by atoms with Crippen LogP contribution in [0.25, 0.3) is 0 Å². The lowest BCUT2D eigenvalue weighted by molar-refractivity contribution is 0.310. The van der Waals surface area contributed by atoms with Crippen molar-refractivity contribution in [1.82, 2.24) is 4.72 Å². The number of nitrogens with zero attached hydrogens (tertiary/aromatic N) is 1. The molecule has 0 amide bonds. The zero-order chi connectivity index (χ0) is 18.8. The molecule has 1 aromatic rings. The van der Waals surface area contributed by atoms with Crippen LogP contribution in [0.3, 0.4) is 0 Å². The first-order valence-electron chi connectivity index (χ1n) is 7.88. The first-order chi connectivity index (χ1) is 10.8. The molecule has 1 rings (SSSR count). The molecule has 0 aliphatic rings. The zero-order valence-corrected chi connectivity index (χ0v) is 16.0. The molecule has 0 saturated carbocycles. The summed E-state index contributed by atoms with van der Waals surface area (Å²) >= 11 is -1.47. The highest BCUT2D eigenvalue weighted by Crippen LogP contribution is 2.35. The van der Waals surface area contributed by atoms with E-state index in [1.54, 1.807) is 41.5 Å². The van der Waals surface area contributed by atoms with E-state index in [2.05, 4.69) is 10.8 Å². The lowest BCUT2D eigenvalue weighted by Gasteiger charge is -2.36. The van der Waals surface area contributed by atoms with Crippen LogP contribution < -0.4 is 4.72 Å². The number of nitriles is 1. The van der Waals surface area contributed by atoms with Crippen LogP contribution in [0.5, 0.6) is 0 Å². The molecule has 0 saturated heterocycles. The lowest BCUT2D eigenvalue weighted by atomic mass is 9.80. The number of rotatable bonds is 6. The Hall–Kier alpha value is -1.16. The van der Waals surface area contributed by atoms with E-state index >= 15 is 0 Å². The van der Waals surface area contributed by atoms with E-state index < -0.39 is 38.7 Å². The SMILES string of the molecule is CC(C)(C#N)CC[C@@](C)(N[S+]([O-])C(C)(C)C)c1cccc(F)c1F. The van der Waals surface area contributed by atoms with Gasteiger partial charge in [0.25, 0.3) is 0 Å². The van der Waals surface area contributed by atoms with E-state index in [-0.39, 0.29) is 5.56 Å². The van der Waals surface area contributed by atoms with Gasteiger partial charge in [0.2, 0.25) is 0 Å². The zero-order valence-electron chi connectivity index (χ0n) is 15.2. The summed E-state index contributed by atoms with van der Waals surface area (Å²) in [6.07, 6.45) is 0.792. The van der Waals surface area contributed by atoms with Crippen LogP contribution in [-0.4, -0.2) is 9.30 Å². The summed E-state index contributed by atoms with van der Waals surface area (Å²) in [5.74, 6) is -1.89. The maximum absolute atomic E-state index is 14.4. The fourth-order valence-corrected chi connectivity index (χ4v) is 3.07. The van der Waals surface area contributed by atoms with E-state index in [1.165, 1.54) is 12.1 Å². The van der Waals surface area contributed by atoms with Gasteiger partial charge in [0.1, 0.15) is 4.75 Å². The first kappa shape index (κ1) is 20.9. The van der Waals surface area contributed by atoms with Gasteiger partial charge in [-0.3, -0.25) is 0 Å². The number of nitrogens with one attached hydrogen (secondary N) is 1. The Labute approximate surface area is 146 Å². The third kappa shape index (κ3) is 5.17. The summed E-state index contributed by atoms with van der Waals surface area (Å²) in [4.78, 5) is 0. The van der Waals surface area contributed by atoms with Crippen molar-refractivity contribution >= 4 is 11.4 Å². The van der Waals surface area contributed by atoms with Crippen molar-refractivity contribution in [3.05, 3.63) is 35.4 Å². The Bertz CT molecular complexity index is 622. The maximum Gasteiger partial charge on any atom is 0.164 e. The normalized spacial score (nSPS) is 16.3. The molecule has 1 aromatic carbocycles. The Balaban J connectivity index is 3.25. The molecular formula is C18H26F2N2OS. The van der Waals surface area contributed by atoms with Gasteiger partial charge in [-0.15, -0.1) is 4.72 Å². The van der Waals surface area contributed by atoms with Gasteiger partial charge in [-0.25, -0.2) is 8.78 Å². The van der Waals surface area contributed by atoms with E-state index in [1.807, 2.05) is 0 Å². The molecule has 6 heteroatoms. The summed E-state index contributed by atoms with van der Waals surface area (Å²) in [5, 5.41) is 9.21. The molecule has 1 N–H and O–H groups in total. The van der Waals surface area contributed by atoms with Crippen LogP contribution in [0.15, 0.2) is 18.2 Å². The average Bonchev–Trinajstić information content (AvgIpc) is 2.47. The van der Waals surface area contributed by atoms with Crippen molar-refractivity contribution < 1.29 is 13.3 Å². The fourth-order valence-electron chi connectivity index (χ4n) is 2.15. The molecule has 0 radical (unpaired) electrons. The minimum atomic E-state index is -1.47. The van der Waals surface area contributed by atoms with E-state index in [4.69, 9.17) is 0 Å². The van der Waals surface area contributed by atoms with E-state index in [0.717, 1.165) is 6.07 Å². The first-order valence-corrected chi connectivity index (χ1v) is 9.03. The molecule has 1 unspecified atom stereocenters. The molecule has 0 heterocycles. The minimum absolute atomic E-state index is 0.119. The number of benzene rings is 1.